The van der Waals surface area contributed by atoms with Gasteiger partial charge < -0.3 is 5.32 Å². The molecule has 0 saturated carbocycles. The quantitative estimate of drug-likeness (QED) is 0.792. The Labute approximate surface area is 133 Å². The molecule has 3 aromatic rings. The summed E-state index contributed by atoms with van der Waals surface area (Å²) in [5.41, 5.74) is 3.09. The molecule has 1 aromatic heterocycles. The lowest BCUT2D eigenvalue weighted by Crippen LogP contribution is -2.26. The standard InChI is InChI=1S/C18H17N3O2/c1-11-8-9-13(10-12(11)2)19-18(23)16-17(22)14-6-4-5-7-15(14)21(3)20-16/h4-10H,1-3H3,(H,19,23). The Morgan fingerprint density at radius 2 is 1.83 bits per heavy atom. The zero-order valence-corrected chi connectivity index (χ0v) is 13.3. The fourth-order valence-electron chi connectivity index (χ4n) is 2.48. The summed E-state index contributed by atoms with van der Waals surface area (Å²) in [5, 5.41) is 7.36. The summed E-state index contributed by atoms with van der Waals surface area (Å²) in [4.78, 5) is 24.9. The summed E-state index contributed by atoms with van der Waals surface area (Å²) in [5.74, 6) is -0.500. The molecule has 1 heterocycles. The molecule has 5 nitrogen and oxygen atoms in total. The predicted molar refractivity (Wildman–Crippen MR) is 90.9 cm³/mol. The first-order valence-corrected chi connectivity index (χ1v) is 7.32. The van der Waals surface area contributed by atoms with Crippen molar-refractivity contribution in [2.24, 2.45) is 7.05 Å². The van der Waals surface area contributed by atoms with Crippen molar-refractivity contribution in [3.63, 3.8) is 0 Å². The number of benzene rings is 2. The van der Waals surface area contributed by atoms with E-state index in [4.69, 9.17) is 0 Å². The highest BCUT2D eigenvalue weighted by Gasteiger charge is 2.16. The van der Waals surface area contributed by atoms with Crippen LogP contribution in [-0.4, -0.2) is 15.7 Å². The zero-order chi connectivity index (χ0) is 16.6. The Balaban J connectivity index is 2.02. The monoisotopic (exact) mass is 307 g/mol. The molecular formula is C18H17N3O2. The van der Waals surface area contributed by atoms with E-state index in [1.54, 1.807) is 29.9 Å². The van der Waals surface area contributed by atoms with Gasteiger partial charge in [-0.3, -0.25) is 14.3 Å². The van der Waals surface area contributed by atoms with Crippen LogP contribution in [0.4, 0.5) is 5.69 Å². The van der Waals surface area contributed by atoms with E-state index in [0.717, 1.165) is 11.1 Å². The lowest BCUT2D eigenvalue weighted by atomic mass is 10.1. The molecule has 0 bridgehead atoms. The number of hydrogen-bond donors (Lipinski definition) is 1. The van der Waals surface area contributed by atoms with Gasteiger partial charge in [-0.15, -0.1) is 0 Å². The summed E-state index contributed by atoms with van der Waals surface area (Å²) in [6, 6.07) is 12.7. The van der Waals surface area contributed by atoms with E-state index in [0.29, 0.717) is 16.6 Å². The van der Waals surface area contributed by atoms with Crippen molar-refractivity contribution in [1.82, 2.24) is 9.78 Å². The van der Waals surface area contributed by atoms with E-state index in [1.807, 2.05) is 38.1 Å². The highest BCUT2D eigenvalue weighted by Crippen LogP contribution is 2.15. The minimum Gasteiger partial charge on any atom is -0.320 e. The van der Waals surface area contributed by atoms with E-state index in [1.165, 1.54) is 0 Å². The van der Waals surface area contributed by atoms with Gasteiger partial charge in [-0.05, 0) is 49.2 Å². The number of anilines is 1. The van der Waals surface area contributed by atoms with Crippen LogP contribution in [0.5, 0.6) is 0 Å². The highest BCUT2D eigenvalue weighted by molar-refractivity contribution is 6.04. The average molecular weight is 307 g/mol. The molecule has 0 aliphatic heterocycles. The second kappa shape index (κ2) is 5.68. The molecule has 23 heavy (non-hydrogen) atoms. The largest absolute Gasteiger partial charge is 0.320 e. The number of para-hydroxylation sites is 1. The van der Waals surface area contributed by atoms with Gasteiger partial charge in [0, 0.05) is 18.1 Å². The number of nitrogens with one attached hydrogen (secondary N) is 1. The third-order valence-corrected chi connectivity index (χ3v) is 3.94. The minimum atomic E-state index is -0.500. The molecule has 3 rings (SSSR count). The van der Waals surface area contributed by atoms with E-state index >= 15 is 0 Å². The molecule has 0 radical (unpaired) electrons. The summed E-state index contributed by atoms with van der Waals surface area (Å²) in [6.45, 7) is 3.97. The first kappa shape index (κ1) is 15.0. The van der Waals surface area contributed by atoms with E-state index in [2.05, 4.69) is 10.4 Å². The van der Waals surface area contributed by atoms with Crippen LogP contribution < -0.4 is 10.7 Å². The third-order valence-electron chi connectivity index (χ3n) is 3.94. The second-order valence-electron chi connectivity index (χ2n) is 5.57. The Bertz CT molecular complexity index is 974. The minimum absolute atomic E-state index is 0.107. The summed E-state index contributed by atoms with van der Waals surface area (Å²) in [7, 11) is 1.72. The number of amides is 1. The van der Waals surface area contributed by atoms with Crippen molar-refractivity contribution < 1.29 is 4.79 Å². The molecule has 1 amide bonds. The normalized spacial score (nSPS) is 10.7. The van der Waals surface area contributed by atoms with Crippen molar-refractivity contribution in [2.75, 3.05) is 5.32 Å². The number of carbonyl (C=O) groups excluding carboxylic acids is 1. The van der Waals surface area contributed by atoms with E-state index in [9.17, 15) is 9.59 Å². The molecule has 0 aliphatic carbocycles. The van der Waals surface area contributed by atoms with Gasteiger partial charge in [-0.25, -0.2) is 0 Å². The number of aryl methyl sites for hydroxylation is 3. The van der Waals surface area contributed by atoms with Gasteiger partial charge in [0.25, 0.3) is 5.91 Å². The maximum Gasteiger partial charge on any atom is 0.280 e. The van der Waals surface area contributed by atoms with Crippen molar-refractivity contribution in [1.29, 1.82) is 0 Å². The fraction of sp³-hybridized carbons (Fsp3) is 0.167. The number of rotatable bonds is 2. The SMILES string of the molecule is Cc1ccc(NC(=O)c2nn(C)c3ccccc3c2=O)cc1C. The third kappa shape index (κ3) is 2.73. The molecule has 0 fully saturated rings. The number of aromatic nitrogens is 2. The topological polar surface area (TPSA) is 64.0 Å². The lowest BCUT2D eigenvalue weighted by molar-refractivity contribution is 0.101. The summed E-state index contributed by atoms with van der Waals surface area (Å²) < 4.78 is 1.55. The molecule has 0 atom stereocenters. The summed E-state index contributed by atoms with van der Waals surface area (Å²) >= 11 is 0. The van der Waals surface area contributed by atoms with Crippen LogP contribution in [0, 0.1) is 13.8 Å². The van der Waals surface area contributed by atoms with Gasteiger partial charge >= 0.3 is 0 Å². The highest BCUT2D eigenvalue weighted by atomic mass is 16.2. The van der Waals surface area contributed by atoms with Crippen molar-refractivity contribution in [3.8, 4) is 0 Å². The van der Waals surface area contributed by atoms with Crippen molar-refractivity contribution in [2.45, 2.75) is 13.8 Å². The van der Waals surface area contributed by atoms with Gasteiger partial charge in [-0.1, -0.05) is 18.2 Å². The number of fused-ring (bicyclic) bond motifs is 1. The fourth-order valence-corrected chi connectivity index (χ4v) is 2.48. The molecule has 1 N–H and O–H groups in total. The van der Waals surface area contributed by atoms with Crippen molar-refractivity contribution >= 4 is 22.5 Å². The van der Waals surface area contributed by atoms with Crippen molar-refractivity contribution in [3.05, 3.63) is 69.5 Å². The lowest BCUT2D eigenvalue weighted by Gasteiger charge is -2.09. The van der Waals surface area contributed by atoms with E-state index in [-0.39, 0.29) is 11.1 Å². The maximum atomic E-state index is 12.5. The Morgan fingerprint density at radius 3 is 2.57 bits per heavy atom. The molecule has 0 unspecified atom stereocenters. The molecule has 2 aromatic carbocycles. The molecule has 5 heteroatoms. The van der Waals surface area contributed by atoms with Gasteiger partial charge in [-0.2, -0.15) is 5.10 Å². The maximum absolute atomic E-state index is 12.5. The first-order chi connectivity index (χ1) is 11.0. The summed E-state index contributed by atoms with van der Waals surface area (Å²) in [6.07, 6.45) is 0. The van der Waals surface area contributed by atoms with E-state index < -0.39 is 5.91 Å². The van der Waals surface area contributed by atoms with Crippen LogP contribution in [0.25, 0.3) is 10.9 Å². The van der Waals surface area contributed by atoms with Gasteiger partial charge in [0.05, 0.1) is 5.52 Å². The molecule has 0 saturated heterocycles. The zero-order valence-electron chi connectivity index (χ0n) is 13.3. The van der Waals surface area contributed by atoms with Gasteiger partial charge in [0.1, 0.15) is 0 Å². The molecule has 116 valence electrons. The molecule has 0 spiro atoms. The van der Waals surface area contributed by atoms with Crippen LogP contribution in [0.1, 0.15) is 21.6 Å². The van der Waals surface area contributed by atoms with Crippen LogP contribution in [0.15, 0.2) is 47.3 Å². The molecular weight excluding hydrogens is 290 g/mol. The Hall–Kier alpha value is -2.95. The van der Waals surface area contributed by atoms with Crippen LogP contribution in [-0.2, 0) is 7.05 Å². The number of hydrogen-bond acceptors (Lipinski definition) is 3. The van der Waals surface area contributed by atoms with Gasteiger partial charge in [0.2, 0.25) is 5.43 Å². The van der Waals surface area contributed by atoms with Crippen LogP contribution >= 0.6 is 0 Å². The first-order valence-electron chi connectivity index (χ1n) is 7.32. The van der Waals surface area contributed by atoms with Gasteiger partial charge in [0.15, 0.2) is 5.69 Å². The number of nitrogens with zero attached hydrogens (tertiary/aromatic N) is 2. The second-order valence-corrected chi connectivity index (χ2v) is 5.57. The van der Waals surface area contributed by atoms with Crippen LogP contribution in [0.3, 0.4) is 0 Å². The smallest absolute Gasteiger partial charge is 0.280 e. The average Bonchev–Trinajstić information content (AvgIpc) is 2.54. The number of carbonyl (C=O) groups is 1. The predicted octanol–water partition coefficient (Wildman–Crippen LogP) is 2.80. The van der Waals surface area contributed by atoms with Crippen LogP contribution in [0.2, 0.25) is 0 Å². The Kier molecular flexibility index (Phi) is 3.70. The molecule has 0 aliphatic rings. The Morgan fingerprint density at radius 1 is 1.09 bits per heavy atom.